The lowest BCUT2D eigenvalue weighted by atomic mass is 9.72. The summed E-state index contributed by atoms with van der Waals surface area (Å²) in [4.78, 5) is 11.1. The van der Waals surface area contributed by atoms with Crippen LogP contribution in [0.1, 0.15) is 40.0 Å². The van der Waals surface area contributed by atoms with E-state index < -0.39 is 0 Å². The van der Waals surface area contributed by atoms with Crippen molar-refractivity contribution in [2.75, 3.05) is 0 Å². The number of carbonyl (C=O) groups excluding carboxylic acids is 1. The van der Waals surface area contributed by atoms with Crippen molar-refractivity contribution in [2.45, 2.75) is 45.4 Å². The highest BCUT2D eigenvalue weighted by atomic mass is 35.5. The molecular weight excluding hydrogens is 172 g/mol. The molecule has 0 radical (unpaired) electrons. The van der Waals surface area contributed by atoms with Gasteiger partial charge in [0.2, 0.25) is 0 Å². The minimum absolute atomic E-state index is 0.219. The molecule has 0 aromatic heterocycles. The lowest BCUT2D eigenvalue weighted by Crippen LogP contribution is -2.32. The van der Waals surface area contributed by atoms with Gasteiger partial charge in [0, 0.05) is 6.42 Å². The van der Waals surface area contributed by atoms with Gasteiger partial charge in [-0.2, -0.15) is 0 Å². The lowest BCUT2D eigenvalue weighted by Gasteiger charge is -2.35. The second kappa shape index (κ2) is 3.37. The Morgan fingerprint density at radius 3 is 2.42 bits per heavy atom. The standard InChI is InChI=1S/C10H17ClO/c1-10(2,3)7-4-5-9(12)8(11)6-7/h7-8H,4-6H2,1-3H3/t7-,8-/m1/s1. The molecule has 2 atom stereocenters. The van der Waals surface area contributed by atoms with Gasteiger partial charge in [0.15, 0.2) is 5.78 Å². The second-order valence-electron chi connectivity index (χ2n) is 4.77. The highest BCUT2D eigenvalue weighted by Gasteiger charge is 2.33. The van der Waals surface area contributed by atoms with Gasteiger partial charge in [-0.25, -0.2) is 0 Å². The molecule has 0 aromatic rings. The summed E-state index contributed by atoms with van der Waals surface area (Å²) in [5, 5.41) is -0.219. The van der Waals surface area contributed by atoms with Crippen molar-refractivity contribution in [3.63, 3.8) is 0 Å². The topological polar surface area (TPSA) is 17.1 Å². The fourth-order valence-corrected chi connectivity index (χ4v) is 2.08. The predicted octanol–water partition coefficient (Wildman–Crippen LogP) is 3.01. The van der Waals surface area contributed by atoms with E-state index in [-0.39, 0.29) is 11.2 Å². The van der Waals surface area contributed by atoms with Crippen molar-refractivity contribution >= 4 is 17.4 Å². The van der Waals surface area contributed by atoms with Crippen LogP contribution in [0.15, 0.2) is 0 Å². The van der Waals surface area contributed by atoms with Gasteiger partial charge in [0.05, 0.1) is 5.38 Å². The molecule has 0 bridgehead atoms. The normalized spacial score (nSPS) is 32.2. The number of carbonyl (C=O) groups is 1. The summed E-state index contributed by atoms with van der Waals surface area (Å²) in [6, 6.07) is 0. The van der Waals surface area contributed by atoms with E-state index in [0.29, 0.717) is 17.8 Å². The van der Waals surface area contributed by atoms with Gasteiger partial charge in [-0.1, -0.05) is 20.8 Å². The number of rotatable bonds is 0. The molecule has 0 aromatic carbocycles. The summed E-state index contributed by atoms with van der Waals surface area (Å²) in [6.07, 6.45) is 2.56. The van der Waals surface area contributed by atoms with Gasteiger partial charge in [0.25, 0.3) is 0 Å². The summed E-state index contributed by atoms with van der Waals surface area (Å²) >= 11 is 5.92. The molecule has 70 valence electrons. The molecular formula is C10H17ClO. The van der Waals surface area contributed by atoms with Crippen molar-refractivity contribution in [3.8, 4) is 0 Å². The van der Waals surface area contributed by atoms with E-state index >= 15 is 0 Å². The molecule has 0 aliphatic heterocycles. The summed E-state index contributed by atoms with van der Waals surface area (Å²) in [7, 11) is 0. The molecule has 0 N–H and O–H groups in total. The van der Waals surface area contributed by atoms with Crippen LogP contribution in [-0.4, -0.2) is 11.2 Å². The molecule has 12 heavy (non-hydrogen) atoms. The molecule has 0 unspecified atom stereocenters. The molecule has 0 saturated heterocycles. The molecule has 1 rings (SSSR count). The predicted molar refractivity (Wildman–Crippen MR) is 51.4 cm³/mol. The quantitative estimate of drug-likeness (QED) is 0.535. The van der Waals surface area contributed by atoms with E-state index in [4.69, 9.17) is 11.6 Å². The number of hydrogen-bond donors (Lipinski definition) is 0. The number of halogens is 1. The van der Waals surface area contributed by atoms with Gasteiger partial charge in [-0.3, -0.25) is 4.79 Å². The van der Waals surface area contributed by atoms with Crippen LogP contribution in [0, 0.1) is 11.3 Å². The van der Waals surface area contributed by atoms with Crippen LogP contribution in [0.25, 0.3) is 0 Å². The molecule has 1 aliphatic rings. The van der Waals surface area contributed by atoms with Crippen LogP contribution >= 0.6 is 11.6 Å². The Morgan fingerprint density at radius 1 is 1.42 bits per heavy atom. The van der Waals surface area contributed by atoms with E-state index in [1.807, 2.05) is 0 Å². The first-order valence-corrected chi connectivity index (χ1v) is 5.01. The van der Waals surface area contributed by atoms with Crippen molar-refractivity contribution in [1.82, 2.24) is 0 Å². The van der Waals surface area contributed by atoms with Gasteiger partial charge in [-0.15, -0.1) is 11.6 Å². The highest BCUT2D eigenvalue weighted by molar-refractivity contribution is 6.31. The van der Waals surface area contributed by atoms with Crippen LogP contribution < -0.4 is 0 Å². The van der Waals surface area contributed by atoms with Crippen molar-refractivity contribution in [2.24, 2.45) is 11.3 Å². The molecule has 1 saturated carbocycles. The fraction of sp³-hybridized carbons (Fsp3) is 0.900. The van der Waals surface area contributed by atoms with Crippen LogP contribution in [-0.2, 0) is 4.79 Å². The summed E-state index contributed by atoms with van der Waals surface area (Å²) in [5.74, 6) is 0.842. The number of hydrogen-bond acceptors (Lipinski definition) is 1. The van der Waals surface area contributed by atoms with Crippen molar-refractivity contribution in [1.29, 1.82) is 0 Å². The third kappa shape index (κ3) is 2.22. The summed E-state index contributed by atoms with van der Waals surface area (Å²) < 4.78 is 0. The van der Waals surface area contributed by atoms with Gasteiger partial charge < -0.3 is 0 Å². The largest absolute Gasteiger partial charge is 0.298 e. The summed E-state index contributed by atoms with van der Waals surface area (Å²) in [6.45, 7) is 6.66. The van der Waals surface area contributed by atoms with E-state index in [9.17, 15) is 4.79 Å². The SMILES string of the molecule is CC(C)(C)[C@@H]1CCC(=O)[C@H](Cl)C1. The van der Waals surface area contributed by atoms with Crippen LogP contribution in [0.3, 0.4) is 0 Å². The zero-order valence-corrected chi connectivity index (χ0v) is 8.82. The first-order chi connectivity index (χ1) is 5.41. The maximum Gasteiger partial charge on any atom is 0.150 e. The Kier molecular flexibility index (Phi) is 2.82. The van der Waals surface area contributed by atoms with E-state index in [1.165, 1.54) is 0 Å². The fourth-order valence-electron chi connectivity index (χ4n) is 1.76. The third-order valence-corrected chi connectivity index (χ3v) is 3.23. The molecule has 0 amide bonds. The molecule has 0 spiro atoms. The minimum Gasteiger partial charge on any atom is -0.298 e. The first kappa shape index (κ1) is 10.0. The molecule has 1 fully saturated rings. The Morgan fingerprint density at radius 2 is 2.00 bits per heavy atom. The van der Waals surface area contributed by atoms with Crippen LogP contribution in [0.5, 0.6) is 0 Å². The van der Waals surface area contributed by atoms with Crippen LogP contribution in [0.4, 0.5) is 0 Å². The Bertz CT molecular complexity index is 181. The number of alkyl halides is 1. The Balaban J connectivity index is 2.57. The van der Waals surface area contributed by atoms with Gasteiger partial charge >= 0.3 is 0 Å². The molecule has 2 heteroatoms. The highest BCUT2D eigenvalue weighted by Crippen LogP contribution is 2.38. The van der Waals surface area contributed by atoms with Crippen molar-refractivity contribution in [3.05, 3.63) is 0 Å². The second-order valence-corrected chi connectivity index (χ2v) is 5.30. The Labute approximate surface area is 79.5 Å². The number of Topliss-reactive ketones (excluding diaryl/α,β-unsaturated/α-hetero) is 1. The smallest absolute Gasteiger partial charge is 0.150 e. The van der Waals surface area contributed by atoms with Crippen LogP contribution in [0.2, 0.25) is 0 Å². The van der Waals surface area contributed by atoms with Crippen molar-refractivity contribution < 1.29 is 4.79 Å². The average molecular weight is 189 g/mol. The molecule has 1 nitrogen and oxygen atoms in total. The maximum absolute atomic E-state index is 11.1. The van der Waals surface area contributed by atoms with E-state index in [2.05, 4.69) is 20.8 Å². The molecule has 1 aliphatic carbocycles. The van der Waals surface area contributed by atoms with Gasteiger partial charge in [0.1, 0.15) is 0 Å². The minimum atomic E-state index is -0.219. The first-order valence-electron chi connectivity index (χ1n) is 4.58. The zero-order chi connectivity index (χ0) is 9.35. The Hall–Kier alpha value is -0.0400. The third-order valence-electron chi connectivity index (χ3n) is 2.80. The average Bonchev–Trinajstić information content (AvgIpc) is 1.92. The van der Waals surface area contributed by atoms with E-state index in [1.54, 1.807) is 0 Å². The summed E-state index contributed by atoms with van der Waals surface area (Å²) in [5.41, 5.74) is 0.299. The maximum atomic E-state index is 11.1. The van der Waals surface area contributed by atoms with E-state index in [0.717, 1.165) is 12.8 Å². The zero-order valence-electron chi connectivity index (χ0n) is 8.06. The van der Waals surface area contributed by atoms with Gasteiger partial charge in [-0.05, 0) is 24.2 Å². The lowest BCUT2D eigenvalue weighted by molar-refractivity contribution is -0.121. The molecule has 0 heterocycles. The monoisotopic (exact) mass is 188 g/mol. The number of ketones is 1.